The van der Waals surface area contributed by atoms with Crippen LogP contribution in [0, 0.1) is 17.5 Å². The van der Waals surface area contributed by atoms with E-state index in [2.05, 4.69) is 5.32 Å². The molecule has 1 aromatic rings. The second-order valence-corrected chi connectivity index (χ2v) is 4.45. The summed E-state index contributed by atoms with van der Waals surface area (Å²) in [6.45, 7) is 4.57. The molecule has 1 N–H and O–H groups in total. The topological polar surface area (TPSA) is 15.3 Å². The van der Waals surface area contributed by atoms with Crippen molar-refractivity contribution in [3.05, 3.63) is 35.1 Å². The molecule has 17 heavy (non-hydrogen) atoms. The lowest BCUT2D eigenvalue weighted by Gasteiger charge is -2.31. The van der Waals surface area contributed by atoms with Crippen LogP contribution in [0.4, 0.5) is 13.2 Å². The van der Waals surface area contributed by atoms with Gasteiger partial charge in [0, 0.05) is 43.9 Å². The smallest absolute Gasteiger partial charge is 0.163 e. The van der Waals surface area contributed by atoms with Gasteiger partial charge >= 0.3 is 0 Å². The molecule has 0 aromatic heterocycles. The standard InChI is InChI=1S/C12H15F3N2/c1-8-6-17(3-2-16-8)7-9-4-10(13)5-11(14)12(9)15/h4-5,8,16H,2-3,6-7H2,1H3. The highest BCUT2D eigenvalue weighted by Gasteiger charge is 2.18. The van der Waals surface area contributed by atoms with E-state index in [9.17, 15) is 13.2 Å². The van der Waals surface area contributed by atoms with Crippen molar-refractivity contribution in [1.29, 1.82) is 0 Å². The summed E-state index contributed by atoms with van der Waals surface area (Å²) >= 11 is 0. The third kappa shape index (κ3) is 2.98. The van der Waals surface area contributed by atoms with Gasteiger partial charge in [0.25, 0.3) is 0 Å². The Balaban J connectivity index is 2.12. The van der Waals surface area contributed by atoms with Crippen molar-refractivity contribution in [1.82, 2.24) is 10.2 Å². The third-order valence-electron chi connectivity index (χ3n) is 2.92. The predicted octanol–water partition coefficient (Wildman–Crippen LogP) is 1.90. The molecule has 2 rings (SSSR count). The zero-order chi connectivity index (χ0) is 12.4. The zero-order valence-corrected chi connectivity index (χ0v) is 9.64. The van der Waals surface area contributed by atoms with Gasteiger partial charge in [-0.1, -0.05) is 0 Å². The third-order valence-corrected chi connectivity index (χ3v) is 2.92. The van der Waals surface area contributed by atoms with Crippen LogP contribution in [0.2, 0.25) is 0 Å². The summed E-state index contributed by atoms with van der Waals surface area (Å²) in [4.78, 5) is 1.98. The minimum Gasteiger partial charge on any atom is -0.312 e. The molecule has 0 saturated carbocycles. The molecule has 1 atom stereocenters. The SMILES string of the molecule is CC1CN(Cc2cc(F)cc(F)c2F)CCN1. The van der Waals surface area contributed by atoms with E-state index in [1.807, 2.05) is 11.8 Å². The minimum absolute atomic E-state index is 0.0802. The van der Waals surface area contributed by atoms with E-state index in [4.69, 9.17) is 0 Å². The Morgan fingerprint density at radius 2 is 2.12 bits per heavy atom. The first-order valence-electron chi connectivity index (χ1n) is 5.65. The van der Waals surface area contributed by atoms with E-state index in [1.165, 1.54) is 0 Å². The van der Waals surface area contributed by atoms with Gasteiger partial charge < -0.3 is 5.32 Å². The number of nitrogens with one attached hydrogen (secondary N) is 1. The van der Waals surface area contributed by atoms with Crippen LogP contribution in [-0.2, 0) is 6.54 Å². The van der Waals surface area contributed by atoms with E-state index in [0.29, 0.717) is 12.1 Å². The van der Waals surface area contributed by atoms with E-state index in [-0.39, 0.29) is 12.1 Å². The molecule has 0 bridgehead atoms. The molecule has 1 unspecified atom stereocenters. The van der Waals surface area contributed by atoms with Crippen molar-refractivity contribution in [2.75, 3.05) is 19.6 Å². The van der Waals surface area contributed by atoms with Gasteiger partial charge in [-0.25, -0.2) is 13.2 Å². The lowest BCUT2D eigenvalue weighted by atomic mass is 10.1. The van der Waals surface area contributed by atoms with Crippen molar-refractivity contribution in [2.45, 2.75) is 19.5 Å². The highest BCUT2D eigenvalue weighted by atomic mass is 19.2. The highest BCUT2D eigenvalue weighted by molar-refractivity contribution is 5.20. The van der Waals surface area contributed by atoms with Gasteiger partial charge in [0.1, 0.15) is 5.82 Å². The van der Waals surface area contributed by atoms with Crippen LogP contribution in [0.5, 0.6) is 0 Å². The maximum atomic E-state index is 13.4. The maximum Gasteiger partial charge on any atom is 0.163 e. The molecular weight excluding hydrogens is 229 g/mol. The number of hydrogen-bond donors (Lipinski definition) is 1. The van der Waals surface area contributed by atoms with Gasteiger partial charge in [0.2, 0.25) is 0 Å². The predicted molar refractivity (Wildman–Crippen MR) is 59.1 cm³/mol. The molecular formula is C12H15F3N2. The fraction of sp³-hybridized carbons (Fsp3) is 0.500. The average Bonchev–Trinajstić information content (AvgIpc) is 2.25. The normalized spacial score (nSPS) is 21.8. The largest absolute Gasteiger partial charge is 0.312 e. The number of piperazine rings is 1. The number of hydrogen-bond acceptors (Lipinski definition) is 2. The first kappa shape index (κ1) is 12.4. The molecule has 1 aromatic carbocycles. The molecule has 0 aliphatic carbocycles. The van der Waals surface area contributed by atoms with Crippen LogP contribution in [0.15, 0.2) is 12.1 Å². The zero-order valence-electron chi connectivity index (χ0n) is 9.64. The Kier molecular flexibility index (Phi) is 3.69. The molecule has 0 spiro atoms. The van der Waals surface area contributed by atoms with Crippen molar-refractivity contribution >= 4 is 0 Å². The first-order valence-corrected chi connectivity index (χ1v) is 5.65. The van der Waals surface area contributed by atoms with E-state index in [1.54, 1.807) is 0 Å². The van der Waals surface area contributed by atoms with Crippen LogP contribution in [0.25, 0.3) is 0 Å². The molecule has 1 aliphatic rings. The average molecular weight is 244 g/mol. The summed E-state index contributed by atoms with van der Waals surface area (Å²) in [5.41, 5.74) is 0.0802. The first-order chi connectivity index (χ1) is 8.06. The molecule has 1 saturated heterocycles. The van der Waals surface area contributed by atoms with Crippen LogP contribution < -0.4 is 5.32 Å². The lowest BCUT2D eigenvalue weighted by Crippen LogP contribution is -2.48. The summed E-state index contributed by atoms with van der Waals surface area (Å²) < 4.78 is 39.5. The van der Waals surface area contributed by atoms with Gasteiger partial charge in [-0.15, -0.1) is 0 Å². The summed E-state index contributed by atoms with van der Waals surface area (Å²) in [5.74, 6) is -2.80. The van der Waals surface area contributed by atoms with Gasteiger partial charge in [0.15, 0.2) is 11.6 Å². The van der Waals surface area contributed by atoms with Gasteiger partial charge in [-0.3, -0.25) is 4.90 Å². The fourth-order valence-corrected chi connectivity index (χ4v) is 2.12. The minimum atomic E-state index is -1.12. The number of nitrogens with zero attached hydrogens (tertiary/aromatic N) is 1. The van der Waals surface area contributed by atoms with Crippen LogP contribution in [0.3, 0.4) is 0 Å². The Labute approximate surface area is 98.4 Å². The van der Waals surface area contributed by atoms with Crippen molar-refractivity contribution in [3.63, 3.8) is 0 Å². The summed E-state index contributed by atoms with van der Waals surface area (Å²) in [6.07, 6.45) is 0. The highest BCUT2D eigenvalue weighted by Crippen LogP contribution is 2.16. The molecule has 2 nitrogen and oxygen atoms in total. The number of halogens is 3. The fourth-order valence-electron chi connectivity index (χ4n) is 2.12. The Bertz CT molecular complexity index is 409. The molecule has 1 fully saturated rings. The Morgan fingerprint density at radius 3 is 2.82 bits per heavy atom. The molecule has 1 heterocycles. The molecule has 5 heteroatoms. The summed E-state index contributed by atoms with van der Waals surface area (Å²) in [5, 5.41) is 3.25. The van der Waals surface area contributed by atoms with Crippen molar-refractivity contribution in [2.24, 2.45) is 0 Å². The van der Waals surface area contributed by atoms with E-state index >= 15 is 0 Å². The number of rotatable bonds is 2. The second kappa shape index (κ2) is 5.06. The molecule has 0 amide bonds. The lowest BCUT2D eigenvalue weighted by molar-refractivity contribution is 0.196. The van der Waals surface area contributed by atoms with Gasteiger partial charge in [0.05, 0.1) is 0 Å². The van der Waals surface area contributed by atoms with Crippen LogP contribution >= 0.6 is 0 Å². The number of benzene rings is 1. The molecule has 0 radical (unpaired) electrons. The second-order valence-electron chi connectivity index (χ2n) is 4.45. The van der Waals surface area contributed by atoms with Crippen molar-refractivity contribution < 1.29 is 13.2 Å². The van der Waals surface area contributed by atoms with E-state index < -0.39 is 17.5 Å². The van der Waals surface area contributed by atoms with Crippen molar-refractivity contribution in [3.8, 4) is 0 Å². The van der Waals surface area contributed by atoms with Crippen LogP contribution in [0.1, 0.15) is 12.5 Å². The summed E-state index contributed by atoms with van der Waals surface area (Å²) in [7, 11) is 0. The Morgan fingerprint density at radius 1 is 1.35 bits per heavy atom. The quantitative estimate of drug-likeness (QED) is 0.799. The van der Waals surface area contributed by atoms with Gasteiger partial charge in [-0.2, -0.15) is 0 Å². The van der Waals surface area contributed by atoms with E-state index in [0.717, 1.165) is 25.7 Å². The molecule has 1 aliphatic heterocycles. The maximum absolute atomic E-state index is 13.4. The summed E-state index contributed by atoms with van der Waals surface area (Å²) in [6, 6.07) is 1.94. The van der Waals surface area contributed by atoms with Crippen LogP contribution in [-0.4, -0.2) is 30.6 Å². The Hall–Kier alpha value is -1.07. The monoisotopic (exact) mass is 244 g/mol. The van der Waals surface area contributed by atoms with Gasteiger partial charge in [-0.05, 0) is 13.0 Å². The molecule has 94 valence electrons.